The van der Waals surface area contributed by atoms with Crippen LogP contribution in [0.1, 0.15) is 0 Å². The van der Waals surface area contributed by atoms with E-state index in [0.717, 1.165) is 0 Å². The van der Waals surface area contributed by atoms with Crippen LogP contribution in [-0.4, -0.2) is 6.26 Å². The molecule has 7 heavy (non-hydrogen) atoms. The van der Waals surface area contributed by atoms with Gasteiger partial charge in [0.2, 0.25) is 0 Å². The highest BCUT2D eigenvalue weighted by atomic mass is 32.2. The predicted molar refractivity (Wildman–Crippen MR) is 34.9 cm³/mol. The minimum absolute atomic E-state index is 1.31. The zero-order chi connectivity index (χ0) is 5.11. The normalized spacial score (nSPS) is 9.29. The van der Waals surface area contributed by atoms with Crippen LogP contribution in [0.5, 0.6) is 0 Å². The molecule has 0 aliphatic rings. The first-order valence-corrected chi connectivity index (χ1v) is 4.02. The fourth-order valence-electron chi connectivity index (χ4n) is 0.325. The molecule has 1 heterocycles. The van der Waals surface area contributed by atoms with E-state index in [9.17, 15) is 0 Å². The Morgan fingerprint density at radius 3 is 3.00 bits per heavy atom. The van der Waals surface area contributed by atoms with Crippen LogP contribution in [0, 0.1) is 5.38 Å². The summed E-state index contributed by atoms with van der Waals surface area (Å²) in [4.78, 5) is 1.31. The van der Waals surface area contributed by atoms with Gasteiger partial charge in [0.15, 0.2) is 0 Å². The minimum atomic E-state index is 1.31. The summed E-state index contributed by atoms with van der Waals surface area (Å²) in [5.41, 5.74) is 0. The van der Waals surface area contributed by atoms with Crippen molar-refractivity contribution in [3.63, 3.8) is 0 Å². The van der Waals surface area contributed by atoms with Crippen molar-refractivity contribution in [2.45, 2.75) is 4.90 Å². The molecular formula is C5H5S2. The number of rotatable bonds is 1. The molecule has 0 aliphatic carbocycles. The van der Waals surface area contributed by atoms with Gasteiger partial charge in [-0.3, -0.25) is 0 Å². The van der Waals surface area contributed by atoms with Crippen LogP contribution in [0.2, 0.25) is 0 Å². The Hall–Kier alpha value is 0.0500. The lowest BCUT2D eigenvalue weighted by atomic mass is 10.7. The summed E-state index contributed by atoms with van der Waals surface area (Å²) in [5.74, 6) is 0. The molecule has 37 valence electrons. The van der Waals surface area contributed by atoms with Crippen molar-refractivity contribution in [2.24, 2.45) is 0 Å². The zero-order valence-corrected chi connectivity index (χ0v) is 5.60. The average Bonchev–Trinajstić information content (AvgIpc) is 2.14. The Morgan fingerprint density at radius 1 is 1.86 bits per heavy atom. The van der Waals surface area contributed by atoms with E-state index in [0.29, 0.717) is 0 Å². The lowest BCUT2D eigenvalue weighted by Crippen LogP contribution is -1.50. The molecule has 0 aliphatic heterocycles. The second-order valence-corrected chi connectivity index (χ2v) is 2.69. The van der Waals surface area contributed by atoms with E-state index in [1.807, 2.05) is 6.07 Å². The summed E-state index contributed by atoms with van der Waals surface area (Å²) in [6.45, 7) is 0. The number of thioether (sulfide) groups is 1. The van der Waals surface area contributed by atoms with Gasteiger partial charge in [-0.25, -0.2) is 0 Å². The van der Waals surface area contributed by atoms with Crippen molar-refractivity contribution < 1.29 is 0 Å². The zero-order valence-electron chi connectivity index (χ0n) is 3.97. The van der Waals surface area contributed by atoms with E-state index in [4.69, 9.17) is 0 Å². The third-order valence-corrected chi connectivity index (χ3v) is 2.16. The highest BCUT2D eigenvalue weighted by Crippen LogP contribution is 2.15. The quantitative estimate of drug-likeness (QED) is 0.524. The summed E-state index contributed by atoms with van der Waals surface area (Å²) in [5, 5.41) is 5.09. The fourth-order valence-corrected chi connectivity index (χ4v) is 1.55. The molecule has 1 aromatic rings. The van der Waals surface area contributed by atoms with E-state index < -0.39 is 0 Å². The third kappa shape index (κ3) is 1.21. The molecule has 1 aromatic heterocycles. The number of hydrogen-bond donors (Lipinski definition) is 0. The first-order chi connectivity index (χ1) is 3.43. The first kappa shape index (κ1) is 5.19. The lowest BCUT2D eigenvalue weighted by Gasteiger charge is -1.78. The monoisotopic (exact) mass is 129 g/mol. The smallest absolute Gasteiger partial charge is 0.0454 e. The average molecular weight is 129 g/mol. The predicted octanol–water partition coefficient (Wildman–Crippen LogP) is 2.27. The van der Waals surface area contributed by atoms with Crippen molar-refractivity contribution in [2.75, 3.05) is 6.26 Å². The van der Waals surface area contributed by atoms with Gasteiger partial charge in [0.25, 0.3) is 0 Å². The van der Waals surface area contributed by atoms with E-state index in [1.54, 1.807) is 23.1 Å². The van der Waals surface area contributed by atoms with Gasteiger partial charge in [0.05, 0.1) is 0 Å². The molecule has 0 unspecified atom stereocenters. The Labute approximate surface area is 51.6 Å². The van der Waals surface area contributed by atoms with Crippen LogP contribution in [0.4, 0.5) is 0 Å². The molecule has 0 spiro atoms. The van der Waals surface area contributed by atoms with Gasteiger partial charge < -0.3 is 0 Å². The SMILES string of the molecule is CSc1c[c]sc1. The van der Waals surface area contributed by atoms with E-state index >= 15 is 0 Å². The standard InChI is InChI=1S/C5H5S2/c1-6-5-2-3-7-4-5/h2,4H,1H3. The maximum absolute atomic E-state index is 3.00. The van der Waals surface area contributed by atoms with Gasteiger partial charge >= 0.3 is 0 Å². The highest BCUT2D eigenvalue weighted by Gasteiger charge is 1.83. The fraction of sp³-hybridized carbons (Fsp3) is 0.200. The second-order valence-electron chi connectivity index (χ2n) is 1.10. The number of hydrogen-bond acceptors (Lipinski definition) is 2. The van der Waals surface area contributed by atoms with Crippen LogP contribution in [0.25, 0.3) is 0 Å². The van der Waals surface area contributed by atoms with Gasteiger partial charge in [-0.05, 0) is 12.3 Å². The summed E-state index contributed by atoms with van der Waals surface area (Å²) >= 11 is 3.37. The number of thiophene rings is 1. The molecule has 0 saturated carbocycles. The van der Waals surface area contributed by atoms with Gasteiger partial charge in [-0.1, -0.05) is 0 Å². The Morgan fingerprint density at radius 2 is 2.71 bits per heavy atom. The lowest BCUT2D eigenvalue weighted by molar-refractivity contribution is 1.60. The second kappa shape index (κ2) is 2.38. The molecule has 0 bridgehead atoms. The van der Waals surface area contributed by atoms with Crippen molar-refractivity contribution in [1.82, 2.24) is 0 Å². The van der Waals surface area contributed by atoms with Crippen LogP contribution < -0.4 is 0 Å². The molecule has 0 saturated heterocycles. The van der Waals surface area contributed by atoms with Crippen molar-refractivity contribution in [1.29, 1.82) is 0 Å². The van der Waals surface area contributed by atoms with Crippen molar-refractivity contribution in [3.8, 4) is 0 Å². The summed E-state index contributed by atoms with van der Waals surface area (Å²) in [6, 6.07) is 2.00. The molecule has 0 atom stereocenters. The molecule has 0 N–H and O–H groups in total. The Bertz CT molecular complexity index is 121. The van der Waals surface area contributed by atoms with Crippen LogP contribution in [0.3, 0.4) is 0 Å². The van der Waals surface area contributed by atoms with Gasteiger partial charge in [-0.15, -0.1) is 23.1 Å². The maximum Gasteiger partial charge on any atom is 0.0454 e. The van der Waals surface area contributed by atoms with Crippen LogP contribution in [0.15, 0.2) is 16.3 Å². The molecule has 0 amide bonds. The van der Waals surface area contributed by atoms with Gasteiger partial charge in [-0.2, -0.15) is 0 Å². The summed E-state index contributed by atoms with van der Waals surface area (Å²) in [6.07, 6.45) is 2.07. The molecular weight excluding hydrogens is 124 g/mol. The Balaban J connectivity index is 2.76. The van der Waals surface area contributed by atoms with E-state index in [1.165, 1.54) is 4.90 Å². The highest BCUT2D eigenvalue weighted by molar-refractivity contribution is 7.98. The summed E-state index contributed by atoms with van der Waals surface area (Å²) < 4.78 is 0. The van der Waals surface area contributed by atoms with Crippen LogP contribution >= 0.6 is 23.1 Å². The topological polar surface area (TPSA) is 0 Å². The largest absolute Gasteiger partial charge is 0.142 e. The molecule has 0 aromatic carbocycles. The van der Waals surface area contributed by atoms with E-state index in [2.05, 4.69) is 17.0 Å². The van der Waals surface area contributed by atoms with Gasteiger partial charge in [0.1, 0.15) is 0 Å². The summed E-state index contributed by atoms with van der Waals surface area (Å²) in [7, 11) is 0. The van der Waals surface area contributed by atoms with E-state index in [-0.39, 0.29) is 0 Å². The Kier molecular flexibility index (Phi) is 1.77. The molecule has 1 radical (unpaired) electrons. The minimum Gasteiger partial charge on any atom is -0.142 e. The molecule has 2 heteroatoms. The molecule has 0 fully saturated rings. The van der Waals surface area contributed by atoms with Crippen molar-refractivity contribution in [3.05, 3.63) is 16.8 Å². The van der Waals surface area contributed by atoms with Crippen LogP contribution in [-0.2, 0) is 0 Å². The molecule has 1 rings (SSSR count). The van der Waals surface area contributed by atoms with Gasteiger partial charge in [0, 0.05) is 15.7 Å². The first-order valence-electron chi connectivity index (χ1n) is 1.92. The third-order valence-electron chi connectivity index (χ3n) is 0.680. The maximum atomic E-state index is 3.00. The van der Waals surface area contributed by atoms with Crippen molar-refractivity contribution >= 4 is 23.1 Å². The molecule has 0 nitrogen and oxygen atoms in total.